The van der Waals surface area contributed by atoms with E-state index in [0.717, 1.165) is 16.4 Å². The van der Waals surface area contributed by atoms with Crippen molar-refractivity contribution in [1.82, 2.24) is 9.88 Å². The predicted molar refractivity (Wildman–Crippen MR) is 60.2 cm³/mol. The number of hydrogen-bond donors (Lipinski definition) is 0. The summed E-state index contributed by atoms with van der Waals surface area (Å²) < 4.78 is 4.92. The number of esters is 1. The summed E-state index contributed by atoms with van der Waals surface area (Å²) in [7, 11) is 3.95. The Bertz CT molecular complexity index is 347. The summed E-state index contributed by atoms with van der Waals surface area (Å²) in [5.74, 6) is -0.323. The van der Waals surface area contributed by atoms with E-state index in [-0.39, 0.29) is 5.97 Å². The van der Waals surface area contributed by atoms with Gasteiger partial charge in [0.25, 0.3) is 0 Å². The molecule has 15 heavy (non-hydrogen) atoms. The molecule has 0 aromatic carbocycles. The van der Waals surface area contributed by atoms with E-state index in [1.165, 1.54) is 0 Å². The van der Waals surface area contributed by atoms with Crippen molar-refractivity contribution < 1.29 is 9.53 Å². The van der Waals surface area contributed by atoms with Crippen LogP contribution in [-0.4, -0.2) is 36.6 Å². The van der Waals surface area contributed by atoms with E-state index < -0.39 is 0 Å². The number of aryl methyl sites for hydroxylation is 1. The van der Waals surface area contributed by atoms with E-state index in [0.29, 0.717) is 12.3 Å². The zero-order valence-electron chi connectivity index (χ0n) is 9.53. The molecule has 84 valence electrons. The molecule has 1 heterocycles. The molecule has 0 fully saturated rings. The van der Waals surface area contributed by atoms with Crippen LogP contribution in [0.2, 0.25) is 0 Å². The number of ether oxygens (including phenoxy) is 1. The van der Waals surface area contributed by atoms with Crippen LogP contribution < -0.4 is 0 Å². The molecule has 0 unspecified atom stereocenters. The van der Waals surface area contributed by atoms with E-state index >= 15 is 0 Å². The SMILES string of the molecule is CCOC(=O)c1nc(CN(C)C)sc1C. The van der Waals surface area contributed by atoms with Crippen LogP contribution in [0, 0.1) is 6.92 Å². The normalized spacial score (nSPS) is 10.7. The molecule has 0 saturated carbocycles. The van der Waals surface area contributed by atoms with Gasteiger partial charge in [0.15, 0.2) is 5.69 Å². The Morgan fingerprint density at radius 2 is 2.20 bits per heavy atom. The van der Waals surface area contributed by atoms with Crippen LogP contribution in [0.15, 0.2) is 0 Å². The Labute approximate surface area is 93.9 Å². The first-order chi connectivity index (χ1) is 7.04. The van der Waals surface area contributed by atoms with Crippen LogP contribution in [0.25, 0.3) is 0 Å². The third-order valence-electron chi connectivity index (χ3n) is 1.76. The molecule has 1 aromatic rings. The molecule has 0 atom stereocenters. The molecule has 4 nitrogen and oxygen atoms in total. The molecule has 0 aliphatic carbocycles. The molecule has 0 amide bonds. The minimum absolute atomic E-state index is 0.323. The largest absolute Gasteiger partial charge is 0.461 e. The minimum atomic E-state index is -0.323. The maximum absolute atomic E-state index is 11.5. The van der Waals surface area contributed by atoms with Crippen LogP contribution in [0.5, 0.6) is 0 Å². The van der Waals surface area contributed by atoms with Crippen molar-refractivity contribution in [3.05, 3.63) is 15.6 Å². The van der Waals surface area contributed by atoms with E-state index in [1.54, 1.807) is 18.3 Å². The van der Waals surface area contributed by atoms with Crippen LogP contribution in [-0.2, 0) is 11.3 Å². The number of hydrogen-bond acceptors (Lipinski definition) is 5. The molecular weight excluding hydrogens is 212 g/mol. The molecule has 0 saturated heterocycles. The fourth-order valence-corrected chi connectivity index (χ4v) is 2.22. The van der Waals surface area contributed by atoms with Gasteiger partial charge in [-0.05, 0) is 27.9 Å². The third kappa shape index (κ3) is 3.28. The number of carbonyl (C=O) groups is 1. The molecule has 0 aliphatic heterocycles. The van der Waals surface area contributed by atoms with Gasteiger partial charge < -0.3 is 9.64 Å². The maximum atomic E-state index is 11.5. The summed E-state index contributed by atoms with van der Waals surface area (Å²) in [6, 6.07) is 0. The van der Waals surface area contributed by atoms with Crippen molar-refractivity contribution in [2.75, 3.05) is 20.7 Å². The highest BCUT2D eigenvalue weighted by atomic mass is 32.1. The molecule has 0 radical (unpaired) electrons. The van der Waals surface area contributed by atoms with Gasteiger partial charge >= 0.3 is 5.97 Å². The van der Waals surface area contributed by atoms with E-state index in [2.05, 4.69) is 4.98 Å². The second-order valence-electron chi connectivity index (χ2n) is 3.47. The molecule has 5 heteroatoms. The van der Waals surface area contributed by atoms with Gasteiger partial charge in [-0.15, -0.1) is 11.3 Å². The maximum Gasteiger partial charge on any atom is 0.358 e. The van der Waals surface area contributed by atoms with Crippen molar-refractivity contribution in [3.63, 3.8) is 0 Å². The van der Waals surface area contributed by atoms with E-state index in [1.807, 2.05) is 25.9 Å². The lowest BCUT2D eigenvalue weighted by molar-refractivity contribution is 0.0519. The molecular formula is C10H16N2O2S. The van der Waals surface area contributed by atoms with Crippen molar-refractivity contribution in [2.24, 2.45) is 0 Å². The lowest BCUT2D eigenvalue weighted by Crippen LogP contribution is -2.11. The van der Waals surface area contributed by atoms with Crippen LogP contribution in [0.4, 0.5) is 0 Å². The summed E-state index contributed by atoms with van der Waals surface area (Å²) in [6.07, 6.45) is 0. The summed E-state index contributed by atoms with van der Waals surface area (Å²) in [5, 5.41) is 0.945. The Balaban J connectivity index is 2.81. The first-order valence-electron chi connectivity index (χ1n) is 4.82. The second-order valence-corrected chi connectivity index (χ2v) is 4.76. The second kappa shape index (κ2) is 5.23. The van der Waals surface area contributed by atoms with Crippen LogP contribution in [0.1, 0.15) is 27.3 Å². The fourth-order valence-electron chi connectivity index (χ4n) is 1.18. The van der Waals surface area contributed by atoms with Crippen molar-refractivity contribution in [3.8, 4) is 0 Å². The van der Waals surface area contributed by atoms with Gasteiger partial charge in [0, 0.05) is 11.4 Å². The van der Waals surface area contributed by atoms with Gasteiger partial charge in [0.2, 0.25) is 0 Å². The number of aromatic nitrogens is 1. The molecule has 1 aromatic heterocycles. The lowest BCUT2D eigenvalue weighted by Gasteiger charge is -2.04. The third-order valence-corrected chi connectivity index (χ3v) is 2.72. The zero-order valence-corrected chi connectivity index (χ0v) is 10.3. The average molecular weight is 228 g/mol. The molecule has 0 N–H and O–H groups in total. The number of nitrogens with zero attached hydrogens (tertiary/aromatic N) is 2. The van der Waals surface area contributed by atoms with Crippen molar-refractivity contribution >= 4 is 17.3 Å². The highest BCUT2D eigenvalue weighted by Gasteiger charge is 2.16. The minimum Gasteiger partial charge on any atom is -0.461 e. The topological polar surface area (TPSA) is 42.4 Å². The fraction of sp³-hybridized carbons (Fsp3) is 0.600. The van der Waals surface area contributed by atoms with Gasteiger partial charge in [0.1, 0.15) is 5.01 Å². The Morgan fingerprint density at radius 3 is 2.73 bits per heavy atom. The van der Waals surface area contributed by atoms with Crippen LogP contribution >= 0.6 is 11.3 Å². The highest BCUT2D eigenvalue weighted by molar-refractivity contribution is 7.11. The van der Waals surface area contributed by atoms with Crippen LogP contribution in [0.3, 0.4) is 0 Å². The molecule has 0 aliphatic rings. The van der Waals surface area contributed by atoms with E-state index in [9.17, 15) is 4.79 Å². The van der Waals surface area contributed by atoms with Gasteiger partial charge in [0.05, 0.1) is 6.61 Å². The summed E-state index contributed by atoms with van der Waals surface area (Å²) >= 11 is 1.54. The van der Waals surface area contributed by atoms with Crippen molar-refractivity contribution in [1.29, 1.82) is 0 Å². The molecule has 1 rings (SSSR count). The van der Waals surface area contributed by atoms with E-state index in [4.69, 9.17) is 4.74 Å². The molecule has 0 bridgehead atoms. The average Bonchev–Trinajstić information content (AvgIpc) is 2.46. The smallest absolute Gasteiger partial charge is 0.358 e. The monoisotopic (exact) mass is 228 g/mol. The lowest BCUT2D eigenvalue weighted by atomic mass is 10.4. The summed E-state index contributed by atoms with van der Waals surface area (Å²) in [6.45, 7) is 4.83. The Kier molecular flexibility index (Phi) is 4.23. The van der Waals surface area contributed by atoms with Crippen molar-refractivity contribution in [2.45, 2.75) is 20.4 Å². The highest BCUT2D eigenvalue weighted by Crippen LogP contribution is 2.19. The van der Waals surface area contributed by atoms with Gasteiger partial charge in [-0.25, -0.2) is 9.78 Å². The molecule has 0 spiro atoms. The van der Waals surface area contributed by atoms with Gasteiger partial charge in [-0.2, -0.15) is 0 Å². The zero-order chi connectivity index (χ0) is 11.4. The summed E-state index contributed by atoms with van der Waals surface area (Å²) in [5.41, 5.74) is 0.457. The number of thiazole rings is 1. The first-order valence-corrected chi connectivity index (χ1v) is 5.64. The summed E-state index contributed by atoms with van der Waals surface area (Å²) in [4.78, 5) is 18.7. The van der Waals surface area contributed by atoms with Gasteiger partial charge in [-0.1, -0.05) is 0 Å². The number of carbonyl (C=O) groups excluding carboxylic acids is 1. The standard InChI is InChI=1S/C10H16N2O2S/c1-5-14-10(13)9-7(2)15-8(11-9)6-12(3)4/h5-6H2,1-4H3. The predicted octanol–water partition coefficient (Wildman–Crippen LogP) is 1.69. The first kappa shape index (κ1) is 12.1. The quantitative estimate of drug-likeness (QED) is 0.735. The van der Waals surface area contributed by atoms with Gasteiger partial charge in [-0.3, -0.25) is 0 Å². The number of rotatable bonds is 4. The Hall–Kier alpha value is -0.940. The Morgan fingerprint density at radius 1 is 1.53 bits per heavy atom.